The number of carbonyl (C=O) groups excluding carboxylic acids is 3. The van der Waals surface area contributed by atoms with Crippen molar-refractivity contribution in [3.05, 3.63) is 23.8 Å². The van der Waals surface area contributed by atoms with Crippen LogP contribution in [0, 0.1) is 0 Å². The van der Waals surface area contributed by atoms with Crippen LogP contribution >= 0.6 is 0 Å². The largest absolute Gasteiger partial charge is 0.495 e. The van der Waals surface area contributed by atoms with Gasteiger partial charge in [0.2, 0.25) is 5.91 Å². The summed E-state index contributed by atoms with van der Waals surface area (Å²) in [5.74, 6) is 0.164. The first-order valence-electron chi connectivity index (χ1n) is 8.19. The maximum absolute atomic E-state index is 12.7. The van der Waals surface area contributed by atoms with Crippen molar-refractivity contribution in [2.45, 2.75) is 25.7 Å². The van der Waals surface area contributed by atoms with Crippen molar-refractivity contribution in [1.82, 2.24) is 10.2 Å². The molecule has 0 aromatic heterocycles. The number of piperidine rings is 1. The van der Waals surface area contributed by atoms with Crippen LogP contribution in [0.5, 0.6) is 5.75 Å². The lowest BCUT2D eigenvalue weighted by molar-refractivity contribution is -0.120. The molecule has 1 aromatic rings. The van der Waals surface area contributed by atoms with Gasteiger partial charge in [0.25, 0.3) is 5.91 Å². The van der Waals surface area contributed by atoms with Crippen LogP contribution < -0.4 is 15.0 Å². The number of hydrogen-bond donors (Lipinski definition) is 1. The molecule has 128 valence electrons. The van der Waals surface area contributed by atoms with E-state index in [1.807, 2.05) is 4.90 Å². The third kappa shape index (κ3) is 3.20. The number of urea groups is 1. The Hall–Kier alpha value is -2.57. The summed E-state index contributed by atoms with van der Waals surface area (Å²) < 4.78 is 5.32. The zero-order valence-electron chi connectivity index (χ0n) is 13.7. The second-order valence-corrected chi connectivity index (χ2v) is 5.99. The third-order valence-corrected chi connectivity index (χ3v) is 4.41. The number of likely N-dealkylation sites (tertiary alicyclic amines) is 1. The predicted octanol–water partition coefficient (Wildman–Crippen LogP) is 1.77. The Morgan fingerprint density at radius 3 is 2.54 bits per heavy atom. The summed E-state index contributed by atoms with van der Waals surface area (Å²) in [7, 11) is 1.51. The number of hydrogen-bond acceptors (Lipinski definition) is 4. The first kappa shape index (κ1) is 16.3. The summed E-state index contributed by atoms with van der Waals surface area (Å²) in [6.07, 6.45) is 3.41. The Morgan fingerprint density at radius 1 is 1.12 bits per heavy atom. The van der Waals surface area contributed by atoms with Crippen LogP contribution in [-0.4, -0.2) is 49.5 Å². The maximum atomic E-state index is 12.7. The van der Waals surface area contributed by atoms with Crippen LogP contribution in [0.25, 0.3) is 0 Å². The Balaban J connectivity index is 1.89. The number of rotatable bonds is 3. The molecule has 7 nitrogen and oxygen atoms in total. The van der Waals surface area contributed by atoms with Gasteiger partial charge in [-0.3, -0.25) is 19.8 Å². The fraction of sp³-hybridized carbons (Fsp3) is 0.471. The smallest absolute Gasteiger partial charge is 0.328 e. The highest BCUT2D eigenvalue weighted by molar-refractivity contribution is 6.07. The summed E-state index contributed by atoms with van der Waals surface area (Å²) in [6.45, 7) is 1.79. The van der Waals surface area contributed by atoms with Crippen LogP contribution in [0.4, 0.5) is 10.5 Å². The van der Waals surface area contributed by atoms with Gasteiger partial charge in [-0.2, -0.15) is 0 Å². The summed E-state index contributed by atoms with van der Waals surface area (Å²) in [5.41, 5.74) is 1.03. The third-order valence-electron chi connectivity index (χ3n) is 4.41. The Kier molecular flexibility index (Phi) is 4.69. The van der Waals surface area contributed by atoms with Crippen molar-refractivity contribution in [2.24, 2.45) is 0 Å². The van der Waals surface area contributed by atoms with Gasteiger partial charge in [0, 0.05) is 31.6 Å². The molecule has 7 heteroatoms. The zero-order chi connectivity index (χ0) is 17.1. The van der Waals surface area contributed by atoms with E-state index in [-0.39, 0.29) is 24.8 Å². The van der Waals surface area contributed by atoms with E-state index in [2.05, 4.69) is 5.32 Å². The minimum absolute atomic E-state index is 0.0351. The molecule has 0 unspecified atom stereocenters. The number of anilines is 1. The summed E-state index contributed by atoms with van der Waals surface area (Å²) in [6, 6.07) is 4.58. The van der Waals surface area contributed by atoms with Gasteiger partial charge in [-0.15, -0.1) is 0 Å². The van der Waals surface area contributed by atoms with Gasteiger partial charge in [-0.1, -0.05) is 0 Å². The number of nitrogens with zero attached hydrogens (tertiary/aromatic N) is 2. The number of ether oxygens (including phenoxy) is 1. The maximum Gasteiger partial charge on any atom is 0.328 e. The molecule has 4 amide bonds. The van der Waals surface area contributed by atoms with E-state index >= 15 is 0 Å². The standard InChI is InChI=1S/C17H21N3O4/c1-24-14-6-5-12(16(22)19-8-3-2-4-9-19)11-13(14)20-10-7-15(21)18-17(20)23/h5-6,11H,2-4,7-10H2,1H3,(H,18,21,23). The number of imide groups is 1. The van der Waals surface area contributed by atoms with Gasteiger partial charge in [-0.05, 0) is 37.5 Å². The van der Waals surface area contributed by atoms with Gasteiger partial charge in [-0.25, -0.2) is 4.79 Å². The van der Waals surface area contributed by atoms with Crippen LogP contribution in [-0.2, 0) is 4.79 Å². The van der Waals surface area contributed by atoms with E-state index in [1.165, 1.54) is 12.0 Å². The summed E-state index contributed by atoms with van der Waals surface area (Å²) in [5, 5.41) is 2.29. The molecule has 0 atom stereocenters. The lowest BCUT2D eigenvalue weighted by atomic mass is 10.1. The average molecular weight is 331 g/mol. The highest BCUT2D eigenvalue weighted by atomic mass is 16.5. The van der Waals surface area contributed by atoms with Crippen molar-refractivity contribution in [3.63, 3.8) is 0 Å². The van der Waals surface area contributed by atoms with Gasteiger partial charge in [0.15, 0.2) is 0 Å². The molecule has 2 heterocycles. The van der Waals surface area contributed by atoms with E-state index in [4.69, 9.17) is 4.74 Å². The molecule has 0 bridgehead atoms. The molecule has 3 rings (SSSR count). The van der Waals surface area contributed by atoms with Crippen molar-refractivity contribution >= 4 is 23.5 Å². The topological polar surface area (TPSA) is 79.0 Å². The fourth-order valence-electron chi connectivity index (χ4n) is 3.11. The fourth-order valence-corrected chi connectivity index (χ4v) is 3.11. The SMILES string of the molecule is COc1ccc(C(=O)N2CCCCC2)cc1N1CCC(=O)NC1=O. The molecule has 24 heavy (non-hydrogen) atoms. The first-order valence-corrected chi connectivity index (χ1v) is 8.19. The average Bonchev–Trinajstić information content (AvgIpc) is 2.61. The lowest BCUT2D eigenvalue weighted by Crippen LogP contribution is -2.49. The quantitative estimate of drug-likeness (QED) is 0.915. The molecule has 2 fully saturated rings. The Labute approximate surface area is 140 Å². The minimum atomic E-state index is -0.493. The second-order valence-electron chi connectivity index (χ2n) is 5.99. The van der Waals surface area contributed by atoms with Crippen molar-refractivity contribution in [1.29, 1.82) is 0 Å². The molecule has 2 saturated heterocycles. The van der Waals surface area contributed by atoms with Crippen LogP contribution in [0.1, 0.15) is 36.0 Å². The number of amides is 4. The normalized spacial score (nSPS) is 18.4. The predicted molar refractivity (Wildman–Crippen MR) is 88.3 cm³/mol. The molecule has 0 aliphatic carbocycles. The molecule has 1 N–H and O–H groups in total. The van der Waals surface area contributed by atoms with Gasteiger partial charge in [0.1, 0.15) is 5.75 Å². The highest BCUT2D eigenvalue weighted by Crippen LogP contribution is 2.31. The summed E-state index contributed by atoms with van der Waals surface area (Å²) in [4.78, 5) is 39.4. The molecule has 0 radical (unpaired) electrons. The molecule has 1 aromatic carbocycles. The van der Waals surface area contributed by atoms with Gasteiger partial charge < -0.3 is 9.64 Å². The highest BCUT2D eigenvalue weighted by Gasteiger charge is 2.28. The lowest BCUT2D eigenvalue weighted by Gasteiger charge is -2.29. The molecule has 0 saturated carbocycles. The molecule has 2 aliphatic heterocycles. The number of methoxy groups -OCH3 is 1. The number of nitrogens with one attached hydrogen (secondary N) is 1. The second kappa shape index (κ2) is 6.90. The number of carbonyl (C=O) groups is 3. The van der Waals surface area contributed by atoms with Gasteiger partial charge >= 0.3 is 6.03 Å². The van der Waals surface area contributed by atoms with Crippen LogP contribution in [0.3, 0.4) is 0 Å². The molecular weight excluding hydrogens is 310 g/mol. The van der Waals surface area contributed by atoms with Crippen molar-refractivity contribution < 1.29 is 19.1 Å². The van der Waals surface area contributed by atoms with Gasteiger partial charge in [0.05, 0.1) is 12.8 Å². The Bertz CT molecular complexity index is 668. The van der Waals surface area contributed by atoms with Crippen molar-refractivity contribution in [3.8, 4) is 5.75 Å². The van der Waals surface area contributed by atoms with Crippen molar-refractivity contribution in [2.75, 3.05) is 31.6 Å². The Morgan fingerprint density at radius 2 is 1.88 bits per heavy atom. The number of benzene rings is 1. The van der Waals surface area contributed by atoms with E-state index in [0.717, 1.165) is 32.4 Å². The van der Waals surface area contributed by atoms with E-state index < -0.39 is 6.03 Å². The molecule has 0 spiro atoms. The van der Waals surface area contributed by atoms with E-state index in [1.54, 1.807) is 18.2 Å². The monoisotopic (exact) mass is 331 g/mol. The van der Waals surface area contributed by atoms with Crippen LogP contribution in [0.2, 0.25) is 0 Å². The van der Waals surface area contributed by atoms with E-state index in [0.29, 0.717) is 17.0 Å². The molecule has 2 aliphatic rings. The van der Waals surface area contributed by atoms with E-state index in [9.17, 15) is 14.4 Å². The summed E-state index contributed by atoms with van der Waals surface area (Å²) >= 11 is 0. The molecular formula is C17H21N3O4. The first-order chi connectivity index (χ1) is 11.6. The zero-order valence-corrected chi connectivity index (χ0v) is 13.7. The van der Waals surface area contributed by atoms with Crippen LogP contribution in [0.15, 0.2) is 18.2 Å². The minimum Gasteiger partial charge on any atom is -0.495 e.